The number of likely N-dealkylation sites (N-methyl/N-ethyl adjacent to an activating group) is 2. The second kappa shape index (κ2) is 5.65. The molecular weight excluding hydrogens is 228 g/mol. The molecule has 0 fully saturated rings. The number of amides is 1. The largest absolute Gasteiger partial charge is 0.347 e. The number of aromatic nitrogens is 2. The van der Waals surface area contributed by atoms with E-state index in [0.29, 0.717) is 17.5 Å². The summed E-state index contributed by atoms with van der Waals surface area (Å²) in [5, 5.41) is 0.376. The van der Waals surface area contributed by atoms with Crippen molar-refractivity contribution in [2.24, 2.45) is 0 Å². The minimum atomic E-state index is 0.0246. The van der Waals surface area contributed by atoms with Crippen LogP contribution in [0, 0.1) is 0 Å². The minimum Gasteiger partial charge on any atom is -0.347 e. The second-order valence-electron chi connectivity index (χ2n) is 3.50. The van der Waals surface area contributed by atoms with Crippen molar-refractivity contribution in [1.82, 2.24) is 14.9 Å². The molecule has 0 radical (unpaired) electrons. The molecule has 0 spiro atoms. The van der Waals surface area contributed by atoms with E-state index in [1.807, 2.05) is 11.8 Å². The van der Waals surface area contributed by atoms with E-state index in [1.54, 1.807) is 25.1 Å². The number of hydrogen-bond acceptors (Lipinski definition) is 4. The Labute approximate surface area is 100 Å². The molecule has 6 heteroatoms. The molecular formula is C10H15ClN4O. The van der Waals surface area contributed by atoms with E-state index in [-0.39, 0.29) is 12.5 Å². The number of anilines is 1. The third-order valence-electron chi connectivity index (χ3n) is 2.15. The van der Waals surface area contributed by atoms with Crippen LogP contribution in [0.1, 0.15) is 6.92 Å². The summed E-state index contributed by atoms with van der Waals surface area (Å²) in [5.74, 6) is 0.689. The van der Waals surface area contributed by atoms with Crippen LogP contribution in [0.2, 0.25) is 5.15 Å². The average molecular weight is 243 g/mol. The van der Waals surface area contributed by atoms with E-state index >= 15 is 0 Å². The Morgan fingerprint density at radius 3 is 2.62 bits per heavy atom. The van der Waals surface area contributed by atoms with Gasteiger partial charge in [0.05, 0.1) is 6.54 Å². The normalized spacial score (nSPS) is 10.0. The molecule has 0 unspecified atom stereocenters. The van der Waals surface area contributed by atoms with Crippen LogP contribution in [-0.2, 0) is 4.79 Å². The maximum absolute atomic E-state index is 11.6. The Kier molecular flexibility index (Phi) is 4.49. The highest BCUT2D eigenvalue weighted by atomic mass is 35.5. The van der Waals surface area contributed by atoms with E-state index in [2.05, 4.69) is 9.97 Å². The van der Waals surface area contributed by atoms with E-state index in [1.165, 1.54) is 6.33 Å². The van der Waals surface area contributed by atoms with Gasteiger partial charge in [-0.3, -0.25) is 4.79 Å². The van der Waals surface area contributed by atoms with E-state index in [9.17, 15) is 4.79 Å². The summed E-state index contributed by atoms with van der Waals surface area (Å²) in [4.78, 5) is 22.9. The molecule has 0 bridgehead atoms. The number of halogens is 1. The summed E-state index contributed by atoms with van der Waals surface area (Å²) in [6.07, 6.45) is 1.39. The van der Waals surface area contributed by atoms with Gasteiger partial charge >= 0.3 is 0 Å². The molecule has 0 N–H and O–H groups in total. The van der Waals surface area contributed by atoms with E-state index in [4.69, 9.17) is 11.6 Å². The van der Waals surface area contributed by atoms with Gasteiger partial charge in [-0.05, 0) is 6.92 Å². The summed E-state index contributed by atoms with van der Waals surface area (Å²) in [7, 11) is 3.45. The zero-order valence-corrected chi connectivity index (χ0v) is 10.4. The fraction of sp³-hybridized carbons (Fsp3) is 0.500. The van der Waals surface area contributed by atoms with Gasteiger partial charge in [-0.15, -0.1) is 0 Å². The molecule has 88 valence electrons. The highest BCUT2D eigenvalue weighted by molar-refractivity contribution is 6.29. The van der Waals surface area contributed by atoms with Crippen LogP contribution in [0.4, 0.5) is 5.82 Å². The third-order valence-corrected chi connectivity index (χ3v) is 2.36. The van der Waals surface area contributed by atoms with Gasteiger partial charge in [-0.25, -0.2) is 9.97 Å². The van der Waals surface area contributed by atoms with Gasteiger partial charge < -0.3 is 9.80 Å². The maximum atomic E-state index is 11.6. The van der Waals surface area contributed by atoms with Crippen LogP contribution in [-0.4, -0.2) is 48.0 Å². The first-order valence-electron chi connectivity index (χ1n) is 4.97. The first-order valence-corrected chi connectivity index (χ1v) is 5.35. The first-order chi connectivity index (χ1) is 7.54. The number of carbonyl (C=O) groups excluding carboxylic acids is 1. The fourth-order valence-corrected chi connectivity index (χ4v) is 1.30. The number of nitrogens with zero attached hydrogens (tertiary/aromatic N) is 4. The van der Waals surface area contributed by atoms with Gasteiger partial charge in [0, 0.05) is 26.7 Å². The lowest BCUT2D eigenvalue weighted by Gasteiger charge is -2.22. The van der Waals surface area contributed by atoms with Crippen LogP contribution in [0.5, 0.6) is 0 Å². The molecule has 0 atom stereocenters. The average Bonchev–Trinajstić information content (AvgIpc) is 2.25. The fourth-order valence-electron chi connectivity index (χ4n) is 1.16. The highest BCUT2D eigenvalue weighted by Gasteiger charge is 2.12. The van der Waals surface area contributed by atoms with Crippen molar-refractivity contribution in [1.29, 1.82) is 0 Å². The lowest BCUT2D eigenvalue weighted by atomic mass is 10.4. The molecule has 16 heavy (non-hydrogen) atoms. The maximum Gasteiger partial charge on any atom is 0.241 e. The summed E-state index contributed by atoms with van der Waals surface area (Å²) < 4.78 is 0. The molecule has 5 nitrogen and oxygen atoms in total. The molecule has 1 rings (SSSR count). The second-order valence-corrected chi connectivity index (χ2v) is 3.89. The number of carbonyl (C=O) groups is 1. The van der Waals surface area contributed by atoms with Gasteiger partial charge in [-0.1, -0.05) is 11.6 Å². The zero-order chi connectivity index (χ0) is 12.1. The van der Waals surface area contributed by atoms with Crippen LogP contribution >= 0.6 is 11.6 Å². The van der Waals surface area contributed by atoms with Crippen LogP contribution in [0.15, 0.2) is 12.4 Å². The molecule has 0 aromatic carbocycles. The Morgan fingerprint density at radius 2 is 2.12 bits per heavy atom. The Hall–Kier alpha value is -1.36. The third kappa shape index (κ3) is 3.34. The smallest absolute Gasteiger partial charge is 0.241 e. The zero-order valence-electron chi connectivity index (χ0n) is 9.64. The van der Waals surface area contributed by atoms with Crippen molar-refractivity contribution in [3.8, 4) is 0 Å². The number of rotatable bonds is 4. The number of hydrogen-bond donors (Lipinski definition) is 0. The van der Waals surface area contributed by atoms with Gasteiger partial charge in [0.15, 0.2) is 0 Å². The van der Waals surface area contributed by atoms with Crippen molar-refractivity contribution in [3.05, 3.63) is 17.5 Å². The molecule has 0 aliphatic heterocycles. The molecule has 0 aliphatic carbocycles. The molecule has 1 amide bonds. The lowest BCUT2D eigenvalue weighted by molar-refractivity contribution is -0.127. The first kappa shape index (κ1) is 12.7. The van der Waals surface area contributed by atoms with E-state index in [0.717, 1.165) is 0 Å². The molecule has 0 saturated heterocycles. The highest BCUT2D eigenvalue weighted by Crippen LogP contribution is 2.13. The van der Waals surface area contributed by atoms with Gasteiger partial charge in [0.2, 0.25) is 5.91 Å². The SMILES string of the molecule is CCN(CC(=O)N(C)C)c1cc(Cl)ncn1. The van der Waals surface area contributed by atoms with Crippen molar-refractivity contribution in [2.75, 3.05) is 32.1 Å². The van der Waals surface area contributed by atoms with Gasteiger partial charge in [0.25, 0.3) is 0 Å². The van der Waals surface area contributed by atoms with Crippen LogP contribution < -0.4 is 4.90 Å². The van der Waals surface area contributed by atoms with Crippen molar-refractivity contribution in [2.45, 2.75) is 6.92 Å². The molecule has 1 aromatic rings. The monoisotopic (exact) mass is 242 g/mol. The lowest BCUT2D eigenvalue weighted by Crippen LogP contribution is -2.37. The molecule has 0 aliphatic rings. The standard InChI is InChI=1S/C10H15ClN4O/c1-4-15(6-10(16)14(2)3)9-5-8(11)12-7-13-9/h5,7H,4,6H2,1-3H3. The van der Waals surface area contributed by atoms with Crippen molar-refractivity contribution >= 4 is 23.3 Å². The van der Waals surface area contributed by atoms with Crippen LogP contribution in [0.3, 0.4) is 0 Å². The summed E-state index contributed by atoms with van der Waals surface area (Å²) in [6, 6.07) is 1.65. The Balaban J connectivity index is 2.78. The van der Waals surface area contributed by atoms with Crippen LogP contribution in [0.25, 0.3) is 0 Å². The Bertz CT molecular complexity index is 370. The predicted octanol–water partition coefficient (Wildman–Crippen LogP) is 1.04. The summed E-state index contributed by atoms with van der Waals surface area (Å²) >= 11 is 5.77. The summed E-state index contributed by atoms with van der Waals surface area (Å²) in [5.41, 5.74) is 0. The minimum absolute atomic E-state index is 0.0246. The summed E-state index contributed by atoms with van der Waals surface area (Å²) in [6.45, 7) is 2.93. The van der Waals surface area contributed by atoms with Gasteiger partial charge in [-0.2, -0.15) is 0 Å². The predicted molar refractivity (Wildman–Crippen MR) is 63.6 cm³/mol. The van der Waals surface area contributed by atoms with E-state index < -0.39 is 0 Å². The molecule has 0 saturated carbocycles. The van der Waals surface area contributed by atoms with Gasteiger partial charge in [0.1, 0.15) is 17.3 Å². The van der Waals surface area contributed by atoms with Crippen molar-refractivity contribution in [3.63, 3.8) is 0 Å². The molecule has 1 aromatic heterocycles. The Morgan fingerprint density at radius 1 is 1.44 bits per heavy atom. The van der Waals surface area contributed by atoms with Crippen molar-refractivity contribution < 1.29 is 4.79 Å². The molecule has 1 heterocycles. The topological polar surface area (TPSA) is 49.3 Å². The quantitative estimate of drug-likeness (QED) is 0.741.